The molecule has 0 amide bonds. The highest BCUT2D eigenvalue weighted by Gasteiger charge is 2.34. The van der Waals surface area contributed by atoms with E-state index < -0.39 is 0 Å². The molecule has 0 spiro atoms. The van der Waals surface area contributed by atoms with Gasteiger partial charge in [-0.05, 0) is 58.0 Å². The Hall–Kier alpha value is -0.0800. The molecule has 3 atom stereocenters. The van der Waals surface area contributed by atoms with E-state index in [2.05, 4.69) is 31.1 Å². The lowest BCUT2D eigenvalue weighted by Gasteiger charge is -2.44. The zero-order valence-electron chi connectivity index (χ0n) is 14.7. The Morgan fingerprint density at radius 1 is 0.952 bits per heavy atom. The average molecular weight is 295 g/mol. The Kier molecular flexibility index (Phi) is 7.53. The SMILES string of the molecule is CCCNC1CCC(CC)CC1N(C)C1CCCCCC1. The molecule has 0 aliphatic heterocycles. The average Bonchev–Trinajstić information content (AvgIpc) is 2.81. The molecule has 2 fully saturated rings. The van der Waals surface area contributed by atoms with Gasteiger partial charge in [-0.3, -0.25) is 4.90 Å². The van der Waals surface area contributed by atoms with Gasteiger partial charge in [-0.15, -0.1) is 0 Å². The van der Waals surface area contributed by atoms with Crippen LogP contribution in [0.5, 0.6) is 0 Å². The highest BCUT2D eigenvalue weighted by Crippen LogP contribution is 2.32. The third-order valence-corrected chi connectivity index (χ3v) is 6.08. The molecule has 2 aliphatic carbocycles. The lowest BCUT2D eigenvalue weighted by atomic mass is 9.79. The molecular formula is C19H38N2. The van der Waals surface area contributed by atoms with Gasteiger partial charge >= 0.3 is 0 Å². The van der Waals surface area contributed by atoms with Gasteiger partial charge in [-0.2, -0.15) is 0 Å². The fraction of sp³-hybridized carbons (Fsp3) is 1.00. The molecule has 0 aromatic heterocycles. The second-order valence-corrected chi connectivity index (χ2v) is 7.53. The van der Waals surface area contributed by atoms with E-state index >= 15 is 0 Å². The zero-order valence-corrected chi connectivity index (χ0v) is 14.7. The van der Waals surface area contributed by atoms with Gasteiger partial charge in [0.1, 0.15) is 0 Å². The van der Waals surface area contributed by atoms with E-state index in [1.807, 2.05) is 0 Å². The van der Waals surface area contributed by atoms with Crippen molar-refractivity contribution >= 4 is 0 Å². The second-order valence-electron chi connectivity index (χ2n) is 7.53. The van der Waals surface area contributed by atoms with Gasteiger partial charge < -0.3 is 5.32 Å². The molecule has 2 saturated carbocycles. The summed E-state index contributed by atoms with van der Waals surface area (Å²) in [6.45, 7) is 5.86. The van der Waals surface area contributed by atoms with Gasteiger partial charge in [-0.1, -0.05) is 46.0 Å². The molecule has 21 heavy (non-hydrogen) atoms. The van der Waals surface area contributed by atoms with E-state index in [4.69, 9.17) is 0 Å². The van der Waals surface area contributed by atoms with Crippen LogP contribution in [0, 0.1) is 5.92 Å². The summed E-state index contributed by atoms with van der Waals surface area (Å²) < 4.78 is 0. The van der Waals surface area contributed by atoms with E-state index in [-0.39, 0.29) is 0 Å². The Balaban J connectivity index is 1.98. The van der Waals surface area contributed by atoms with Crippen LogP contribution in [0.4, 0.5) is 0 Å². The highest BCUT2D eigenvalue weighted by atomic mass is 15.2. The van der Waals surface area contributed by atoms with Crippen molar-refractivity contribution in [3.05, 3.63) is 0 Å². The molecular weight excluding hydrogens is 256 g/mol. The first-order valence-corrected chi connectivity index (χ1v) is 9.71. The van der Waals surface area contributed by atoms with Crippen LogP contribution in [0.15, 0.2) is 0 Å². The van der Waals surface area contributed by atoms with Gasteiger partial charge in [-0.25, -0.2) is 0 Å². The van der Waals surface area contributed by atoms with Crippen LogP contribution in [0.1, 0.15) is 84.5 Å². The largest absolute Gasteiger partial charge is 0.312 e. The summed E-state index contributed by atoms with van der Waals surface area (Å²) in [6, 6.07) is 2.36. The van der Waals surface area contributed by atoms with Crippen molar-refractivity contribution < 1.29 is 0 Å². The highest BCUT2D eigenvalue weighted by molar-refractivity contribution is 4.92. The minimum atomic E-state index is 0.737. The summed E-state index contributed by atoms with van der Waals surface area (Å²) in [5.41, 5.74) is 0. The summed E-state index contributed by atoms with van der Waals surface area (Å²) in [5.74, 6) is 0.961. The van der Waals surface area contributed by atoms with Crippen molar-refractivity contribution in [2.75, 3.05) is 13.6 Å². The van der Waals surface area contributed by atoms with Gasteiger partial charge in [0.15, 0.2) is 0 Å². The zero-order chi connectivity index (χ0) is 15.1. The number of nitrogens with one attached hydrogen (secondary N) is 1. The second kappa shape index (κ2) is 9.15. The van der Waals surface area contributed by atoms with Crippen LogP contribution in [-0.2, 0) is 0 Å². The molecule has 0 bridgehead atoms. The van der Waals surface area contributed by atoms with Gasteiger partial charge in [0.25, 0.3) is 0 Å². The van der Waals surface area contributed by atoms with Gasteiger partial charge in [0.05, 0.1) is 0 Å². The lowest BCUT2D eigenvalue weighted by molar-refractivity contribution is 0.0758. The topological polar surface area (TPSA) is 15.3 Å². The number of hydrogen-bond donors (Lipinski definition) is 1. The van der Waals surface area contributed by atoms with Gasteiger partial charge in [0.2, 0.25) is 0 Å². The first-order valence-electron chi connectivity index (χ1n) is 9.71. The van der Waals surface area contributed by atoms with E-state index in [0.717, 1.165) is 24.0 Å². The van der Waals surface area contributed by atoms with Crippen LogP contribution in [-0.4, -0.2) is 36.6 Å². The molecule has 1 N–H and O–H groups in total. The summed E-state index contributed by atoms with van der Waals surface area (Å²) in [6.07, 6.45) is 15.6. The van der Waals surface area contributed by atoms with Crippen molar-refractivity contribution in [2.45, 2.75) is 103 Å². The maximum absolute atomic E-state index is 3.86. The standard InChI is InChI=1S/C19H38N2/c1-4-14-20-18-13-12-16(5-2)15-19(18)21(3)17-10-8-6-7-9-11-17/h16-20H,4-15H2,1-3H3. The van der Waals surface area contributed by atoms with Crippen molar-refractivity contribution in [1.82, 2.24) is 10.2 Å². The van der Waals surface area contributed by atoms with E-state index in [1.165, 1.54) is 77.2 Å². The monoisotopic (exact) mass is 294 g/mol. The fourth-order valence-electron chi connectivity index (χ4n) is 4.56. The summed E-state index contributed by atoms with van der Waals surface area (Å²) in [4.78, 5) is 2.79. The molecule has 124 valence electrons. The van der Waals surface area contributed by atoms with Gasteiger partial charge in [0, 0.05) is 18.1 Å². The number of hydrogen-bond acceptors (Lipinski definition) is 2. The van der Waals surface area contributed by atoms with Crippen LogP contribution in [0.2, 0.25) is 0 Å². The minimum Gasteiger partial charge on any atom is -0.312 e. The summed E-state index contributed by atoms with van der Waals surface area (Å²) in [5, 5.41) is 3.86. The summed E-state index contributed by atoms with van der Waals surface area (Å²) >= 11 is 0. The van der Waals surface area contributed by atoms with Crippen LogP contribution in [0.25, 0.3) is 0 Å². The van der Waals surface area contributed by atoms with E-state index in [1.54, 1.807) is 0 Å². The molecule has 0 heterocycles. The Bertz CT molecular complexity index is 271. The predicted molar refractivity (Wildman–Crippen MR) is 92.8 cm³/mol. The Labute approximate surface area is 133 Å². The van der Waals surface area contributed by atoms with Crippen LogP contribution >= 0.6 is 0 Å². The molecule has 0 saturated heterocycles. The Morgan fingerprint density at radius 2 is 1.67 bits per heavy atom. The molecule has 0 radical (unpaired) electrons. The van der Waals surface area contributed by atoms with Crippen molar-refractivity contribution in [2.24, 2.45) is 5.92 Å². The molecule has 2 aliphatic rings. The number of rotatable bonds is 6. The van der Waals surface area contributed by atoms with E-state index in [9.17, 15) is 0 Å². The van der Waals surface area contributed by atoms with Crippen molar-refractivity contribution in [3.63, 3.8) is 0 Å². The smallest absolute Gasteiger partial charge is 0.0251 e. The third kappa shape index (κ3) is 4.96. The quantitative estimate of drug-likeness (QED) is 0.721. The first kappa shape index (κ1) is 17.3. The molecule has 2 heteroatoms. The molecule has 2 rings (SSSR count). The normalized spacial score (nSPS) is 32.3. The number of likely N-dealkylation sites (N-methyl/N-ethyl adjacent to an activating group) is 1. The molecule has 2 nitrogen and oxygen atoms in total. The third-order valence-electron chi connectivity index (χ3n) is 6.08. The lowest BCUT2D eigenvalue weighted by Crippen LogP contribution is -2.54. The van der Waals surface area contributed by atoms with E-state index in [0.29, 0.717) is 0 Å². The molecule has 3 unspecified atom stereocenters. The van der Waals surface area contributed by atoms with Crippen LogP contribution < -0.4 is 5.32 Å². The maximum Gasteiger partial charge on any atom is 0.0251 e. The molecule has 0 aromatic rings. The predicted octanol–water partition coefficient (Wildman–Crippen LogP) is 4.59. The molecule has 0 aromatic carbocycles. The number of nitrogens with zero attached hydrogens (tertiary/aromatic N) is 1. The van der Waals surface area contributed by atoms with Crippen molar-refractivity contribution in [3.8, 4) is 0 Å². The Morgan fingerprint density at radius 3 is 2.29 bits per heavy atom. The maximum atomic E-state index is 3.86. The van der Waals surface area contributed by atoms with Crippen LogP contribution in [0.3, 0.4) is 0 Å². The minimum absolute atomic E-state index is 0.737. The van der Waals surface area contributed by atoms with Crippen molar-refractivity contribution in [1.29, 1.82) is 0 Å². The summed E-state index contributed by atoms with van der Waals surface area (Å²) in [7, 11) is 2.43. The first-order chi connectivity index (χ1) is 10.3. The fourth-order valence-corrected chi connectivity index (χ4v) is 4.56.